The SMILES string of the molecule is CN(C)CCOCCNC(=O)C(=O)NCCN. The van der Waals surface area contributed by atoms with E-state index in [-0.39, 0.29) is 0 Å². The molecular weight excluding hydrogens is 224 g/mol. The Morgan fingerprint density at radius 1 is 1.12 bits per heavy atom. The minimum absolute atomic E-state index is 0.297. The Balaban J connectivity index is 3.41. The molecule has 0 saturated heterocycles. The molecule has 0 radical (unpaired) electrons. The molecule has 0 heterocycles. The van der Waals surface area contributed by atoms with Gasteiger partial charge < -0.3 is 26.0 Å². The fourth-order valence-corrected chi connectivity index (χ4v) is 0.932. The molecule has 100 valence electrons. The summed E-state index contributed by atoms with van der Waals surface area (Å²) in [6, 6.07) is 0. The standard InChI is InChI=1S/C10H22N4O3/c1-14(2)6-8-17-7-5-13-10(16)9(15)12-4-3-11/h3-8,11H2,1-2H3,(H,12,15)(H,13,16). The Morgan fingerprint density at radius 3 is 2.24 bits per heavy atom. The number of carbonyl (C=O) groups is 2. The predicted molar refractivity (Wildman–Crippen MR) is 64.4 cm³/mol. The Bertz CT molecular complexity index is 234. The minimum atomic E-state index is -0.663. The van der Waals surface area contributed by atoms with Gasteiger partial charge in [-0.2, -0.15) is 0 Å². The first-order valence-corrected chi connectivity index (χ1v) is 5.56. The molecule has 0 aromatic heterocycles. The summed E-state index contributed by atoms with van der Waals surface area (Å²) >= 11 is 0. The van der Waals surface area contributed by atoms with Crippen LogP contribution in [0.1, 0.15) is 0 Å². The first-order valence-electron chi connectivity index (χ1n) is 5.56. The van der Waals surface area contributed by atoms with E-state index >= 15 is 0 Å². The molecule has 7 nitrogen and oxygen atoms in total. The van der Waals surface area contributed by atoms with Crippen LogP contribution in [0.25, 0.3) is 0 Å². The van der Waals surface area contributed by atoms with E-state index in [9.17, 15) is 9.59 Å². The first-order chi connectivity index (χ1) is 8.07. The van der Waals surface area contributed by atoms with Gasteiger partial charge in [-0.15, -0.1) is 0 Å². The van der Waals surface area contributed by atoms with Crippen LogP contribution in [0.5, 0.6) is 0 Å². The molecule has 0 rings (SSSR count). The molecule has 0 bridgehead atoms. The van der Waals surface area contributed by atoms with E-state index in [1.165, 1.54) is 0 Å². The van der Waals surface area contributed by atoms with Crippen molar-refractivity contribution in [1.82, 2.24) is 15.5 Å². The second kappa shape index (κ2) is 10.0. The van der Waals surface area contributed by atoms with E-state index < -0.39 is 11.8 Å². The molecule has 0 saturated carbocycles. The molecule has 0 aromatic rings. The molecular formula is C10H22N4O3. The third-order valence-corrected chi connectivity index (χ3v) is 1.85. The van der Waals surface area contributed by atoms with Gasteiger partial charge in [0.2, 0.25) is 0 Å². The number of amides is 2. The van der Waals surface area contributed by atoms with Crippen LogP contribution >= 0.6 is 0 Å². The lowest BCUT2D eigenvalue weighted by Gasteiger charge is -2.10. The summed E-state index contributed by atoms with van der Waals surface area (Å²) in [5.41, 5.74) is 5.19. The van der Waals surface area contributed by atoms with Gasteiger partial charge in [0.1, 0.15) is 0 Å². The summed E-state index contributed by atoms with van der Waals surface area (Å²) in [7, 11) is 3.90. The van der Waals surface area contributed by atoms with Gasteiger partial charge >= 0.3 is 11.8 Å². The lowest BCUT2D eigenvalue weighted by molar-refractivity contribution is -0.139. The highest BCUT2D eigenvalue weighted by atomic mass is 16.5. The molecule has 0 fully saturated rings. The zero-order valence-electron chi connectivity index (χ0n) is 10.5. The van der Waals surface area contributed by atoms with Crippen molar-refractivity contribution in [2.24, 2.45) is 5.73 Å². The smallest absolute Gasteiger partial charge is 0.309 e. The minimum Gasteiger partial charge on any atom is -0.378 e. The van der Waals surface area contributed by atoms with Crippen LogP contribution in [0.4, 0.5) is 0 Å². The number of nitrogens with zero attached hydrogens (tertiary/aromatic N) is 1. The average molecular weight is 246 g/mol. The molecule has 0 spiro atoms. The molecule has 7 heteroatoms. The van der Waals surface area contributed by atoms with Crippen molar-refractivity contribution in [3.63, 3.8) is 0 Å². The third kappa shape index (κ3) is 9.73. The Morgan fingerprint density at radius 2 is 1.71 bits per heavy atom. The van der Waals surface area contributed by atoms with Crippen molar-refractivity contribution < 1.29 is 14.3 Å². The Kier molecular flexibility index (Phi) is 9.31. The van der Waals surface area contributed by atoms with Gasteiger partial charge in [0.25, 0.3) is 0 Å². The number of carbonyl (C=O) groups excluding carboxylic acids is 2. The predicted octanol–water partition coefficient (Wildman–Crippen LogP) is -2.24. The largest absolute Gasteiger partial charge is 0.378 e. The summed E-state index contributed by atoms with van der Waals surface area (Å²) in [5.74, 6) is -1.32. The number of ether oxygens (including phenoxy) is 1. The number of likely N-dealkylation sites (N-methyl/N-ethyl adjacent to an activating group) is 1. The normalized spacial score (nSPS) is 10.4. The van der Waals surface area contributed by atoms with Gasteiger partial charge in [0.15, 0.2) is 0 Å². The molecule has 0 aliphatic carbocycles. The summed E-state index contributed by atoms with van der Waals surface area (Å²) in [5, 5.41) is 4.82. The van der Waals surface area contributed by atoms with Crippen molar-refractivity contribution in [1.29, 1.82) is 0 Å². The molecule has 0 aliphatic rings. The lowest BCUT2D eigenvalue weighted by Crippen LogP contribution is -2.42. The van der Waals surface area contributed by atoms with Crippen LogP contribution in [0.2, 0.25) is 0 Å². The van der Waals surface area contributed by atoms with Crippen molar-refractivity contribution in [3.05, 3.63) is 0 Å². The van der Waals surface area contributed by atoms with Crippen molar-refractivity contribution in [2.45, 2.75) is 0 Å². The van der Waals surface area contributed by atoms with E-state index in [0.717, 1.165) is 6.54 Å². The van der Waals surface area contributed by atoms with E-state index in [2.05, 4.69) is 10.6 Å². The molecule has 2 amide bonds. The van der Waals surface area contributed by atoms with Gasteiger partial charge in [-0.25, -0.2) is 0 Å². The van der Waals surface area contributed by atoms with Crippen molar-refractivity contribution >= 4 is 11.8 Å². The first kappa shape index (κ1) is 15.8. The molecule has 0 aromatic carbocycles. The highest BCUT2D eigenvalue weighted by molar-refractivity contribution is 6.35. The van der Waals surface area contributed by atoms with Crippen LogP contribution in [-0.2, 0) is 14.3 Å². The molecule has 17 heavy (non-hydrogen) atoms. The summed E-state index contributed by atoms with van der Waals surface area (Å²) in [4.78, 5) is 24.2. The zero-order chi connectivity index (χ0) is 13.1. The average Bonchev–Trinajstić information content (AvgIpc) is 2.29. The van der Waals surface area contributed by atoms with E-state index in [1.54, 1.807) is 0 Å². The molecule has 0 aliphatic heterocycles. The van der Waals surface area contributed by atoms with E-state index in [1.807, 2.05) is 19.0 Å². The maximum atomic E-state index is 11.2. The van der Waals surface area contributed by atoms with Gasteiger partial charge in [0, 0.05) is 26.2 Å². The van der Waals surface area contributed by atoms with Crippen molar-refractivity contribution in [2.75, 3.05) is 53.5 Å². The lowest BCUT2D eigenvalue weighted by atomic mass is 10.5. The highest BCUT2D eigenvalue weighted by Crippen LogP contribution is 1.78. The van der Waals surface area contributed by atoms with Gasteiger partial charge in [0.05, 0.1) is 13.2 Å². The second-order valence-electron chi connectivity index (χ2n) is 3.72. The van der Waals surface area contributed by atoms with E-state index in [4.69, 9.17) is 10.5 Å². The number of nitrogens with one attached hydrogen (secondary N) is 2. The van der Waals surface area contributed by atoms with Gasteiger partial charge in [-0.1, -0.05) is 0 Å². The topological polar surface area (TPSA) is 96.7 Å². The van der Waals surface area contributed by atoms with Crippen LogP contribution < -0.4 is 16.4 Å². The summed E-state index contributed by atoms with van der Waals surface area (Å²) in [6.07, 6.45) is 0. The van der Waals surface area contributed by atoms with Crippen LogP contribution in [0, 0.1) is 0 Å². The van der Waals surface area contributed by atoms with Crippen molar-refractivity contribution in [3.8, 4) is 0 Å². The number of nitrogens with two attached hydrogens (primary N) is 1. The van der Waals surface area contributed by atoms with Crippen LogP contribution in [0.15, 0.2) is 0 Å². The van der Waals surface area contributed by atoms with Crippen LogP contribution in [-0.4, -0.2) is 70.2 Å². The van der Waals surface area contributed by atoms with Gasteiger partial charge in [-0.05, 0) is 14.1 Å². The quantitative estimate of drug-likeness (QED) is 0.332. The van der Waals surface area contributed by atoms with Gasteiger partial charge in [-0.3, -0.25) is 9.59 Å². The van der Waals surface area contributed by atoms with E-state index in [0.29, 0.717) is 32.8 Å². The summed E-state index contributed by atoms with van der Waals surface area (Å²) < 4.78 is 5.25. The molecule has 4 N–H and O–H groups in total. The Hall–Kier alpha value is -1.18. The second-order valence-corrected chi connectivity index (χ2v) is 3.72. The summed E-state index contributed by atoms with van der Waals surface area (Å²) in [6.45, 7) is 2.75. The molecule has 0 atom stereocenters. The maximum Gasteiger partial charge on any atom is 0.309 e. The fraction of sp³-hybridized carbons (Fsp3) is 0.800. The zero-order valence-corrected chi connectivity index (χ0v) is 10.5. The van der Waals surface area contributed by atoms with Crippen LogP contribution in [0.3, 0.4) is 0 Å². The number of hydrogen-bond acceptors (Lipinski definition) is 5. The highest BCUT2D eigenvalue weighted by Gasteiger charge is 2.10. The number of hydrogen-bond donors (Lipinski definition) is 3. The number of rotatable bonds is 8. The maximum absolute atomic E-state index is 11.2. The monoisotopic (exact) mass is 246 g/mol. The fourth-order valence-electron chi connectivity index (χ4n) is 0.932. The molecule has 0 unspecified atom stereocenters. The third-order valence-electron chi connectivity index (χ3n) is 1.85. The Labute approximate surface area is 102 Å².